The molecule has 0 aliphatic carbocycles. The van der Waals surface area contributed by atoms with Crippen LogP contribution in [0.2, 0.25) is 0 Å². The van der Waals surface area contributed by atoms with Gasteiger partial charge in [0.15, 0.2) is 0 Å². The van der Waals surface area contributed by atoms with Crippen molar-refractivity contribution < 1.29 is 9.21 Å². The largest absolute Gasteiger partial charge is 0.465 e. The average Bonchev–Trinajstić information content (AvgIpc) is 3.17. The predicted octanol–water partition coefficient (Wildman–Crippen LogP) is 4.80. The van der Waals surface area contributed by atoms with Crippen molar-refractivity contribution in [2.75, 3.05) is 0 Å². The van der Waals surface area contributed by atoms with Crippen molar-refractivity contribution in [3.8, 4) is 0 Å². The third-order valence-corrected chi connectivity index (χ3v) is 4.89. The van der Waals surface area contributed by atoms with Gasteiger partial charge in [0.1, 0.15) is 10.1 Å². The maximum absolute atomic E-state index is 12.6. The number of furan rings is 1. The highest BCUT2D eigenvalue weighted by molar-refractivity contribution is 8.26. The average molecular weight is 341 g/mol. The predicted molar refractivity (Wildman–Crippen MR) is 97.7 cm³/mol. The number of allylic oxidation sites excluding steroid dienone is 2. The molecule has 0 bridgehead atoms. The quantitative estimate of drug-likeness (QED) is 0.591. The lowest BCUT2D eigenvalue weighted by Gasteiger charge is -2.23. The zero-order valence-corrected chi connectivity index (χ0v) is 14.1. The molecule has 2 aromatic rings. The second kappa shape index (κ2) is 6.98. The minimum absolute atomic E-state index is 0.0551. The van der Waals surface area contributed by atoms with E-state index in [1.165, 1.54) is 11.8 Å². The summed E-state index contributed by atoms with van der Waals surface area (Å²) in [5.74, 6) is 0.690. The van der Waals surface area contributed by atoms with Crippen LogP contribution in [0.25, 0.3) is 6.08 Å². The van der Waals surface area contributed by atoms with Gasteiger partial charge in [-0.05, 0) is 36.8 Å². The van der Waals surface area contributed by atoms with Crippen LogP contribution in [0, 0.1) is 0 Å². The van der Waals surface area contributed by atoms with Crippen LogP contribution in [-0.2, 0) is 4.79 Å². The molecule has 1 aliphatic rings. The summed E-state index contributed by atoms with van der Waals surface area (Å²) in [5, 5.41) is 0. The number of amides is 1. The second-order valence-electron chi connectivity index (χ2n) is 5.04. The number of hydrogen-bond acceptors (Lipinski definition) is 4. The summed E-state index contributed by atoms with van der Waals surface area (Å²) in [4.78, 5) is 14.9. The first-order valence-electron chi connectivity index (χ1n) is 7.19. The first-order valence-corrected chi connectivity index (χ1v) is 8.41. The Hall–Kier alpha value is -2.11. The van der Waals surface area contributed by atoms with Crippen molar-refractivity contribution in [1.29, 1.82) is 0 Å². The third-order valence-electron chi connectivity index (χ3n) is 3.54. The van der Waals surface area contributed by atoms with Gasteiger partial charge < -0.3 is 4.42 Å². The summed E-state index contributed by atoms with van der Waals surface area (Å²) in [6.45, 7) is 1.99. The Morgan fingerprint density at radius 2 is 2.00 bits per heavy atom. The summed E-state index contributed by atoms with van der Waals surface area (Å²) in [7, 11) is 0. The van der Waals surface area contributed by atoms with E-state index in [1.807, 2.05) is 55.5 Å². The maximum Gasteiger partial charge on any atom is 0.266 e. The molecule has 1 aliphatic heterocycles. The van der Waals surface area contributed by atoms with Gasteiger partial charge >= 0.3 is 0 Å². The summed E-state index contributed by atoms with van der Waals surface area (Å²) in [5.41, 5.74) is 1.07. The molecule has 1 fully saturated rings. The highest BCUT2D eigenvalue weighted by atomic mass is 32.2. The molecule has 0 N–H and O–H groups in total. The topological polar surface area (TPSA) is 33.5 Å². The molecule has 1 aromatic heterocycles. The smallest absolute Gasteiger partial charge is 0.266 e. The van der Waals surface area contributed by atoms with Crippen LogP contribution in [0.5, 0.6) is 0 Å². The number of thioether (sulfide) groups is 1. The van der Waals surface area contributed by atoms with Gasteiger partial charge in [0.2, 0.25) is 0 Å². The standard InChI is InChI=1S/C18H15NO2S2/c1-13(14-7-3-2-4-8-14)19-17(20)16(23-18(19)22)11-5-9-15-10-6-12-21-15/h2-13H,1H3/b9-5+,16-11-/t13-/m1/s1. The summed E-state index contributed by atoms with van der Waals surface area (Å²) < 4.78 is 5.81. The number of hydrogen-bond donors (Lipinski definition) is 0. The molecule has 0 radical (unpaired) electrons. The van der Waals surface area contributed by atoms with Crippen LogP contribution in [0.4, 0.5) is 0 Å². The van der Waals surface area contributed by atoms with Crippen LogP contribution >= 0.6 is 24.0 Å². The summed E-state index contributed by atoms with van der Waals surface area (Å²) in [6, 6.07) is 13.5. The zero-order valence-electron chi connectivity index (χ0n) is 12.5. The Labute approximate surface area is 144 Å². The van der Waals surface area contributed by atoms with Crippen LogP contribution in [0.3, 0.4) is 0 Å². The minimum Gasteiger partial charge on any atom is -0.465 e. The highest BCUT2D eigenvalue weighted by Crippen LogP contribution is 2.36. The SMILES string of the molecule is C[C@H](c1ccccc1)N1C(=O)/C(=C/C=C/c2ccco2)SC1=S. The van der Waals surface area contributed by atoms with Crippen LogP contribution in [-0.4, -0.2) is 15.1 Å². The molecule has 5 heteroatoms. The molecule has 1 saturated heterocycles. The normalized spacial score (nSPS) is 18.3. The lowest BCUT2D eigenvalue weighted by atomic mass is 10.1. The second-order valence-corrected chi connectivity index (χ2v) is 6.71. The van der Waals surface area contributed by atoms with Crippen molar-refractivity contribution in [3.05, 3.63) is 77.1 Å². The van der Waals surface area contributed by atoms with Gasteiger partial charge in [0, 0.05) is 0 Å². The van der Waals surface area contributed by atoms with E-state index in [1.54, 1.807) is 23.3 Å². The molecule has 3 nitrogen and oxygen atoms in total. The van der Waals surface area contributed by atoms with E-state index < -0.39 is 0 Å². The number of nitrogens with zero attached hydrogens (tertiary/aromatic N) is 1. The van der Waals surface area contributed by atoms with E-state index in [4.69, 9.17) is 16.6 Å². The molecular weight excluding hydrogens is 326 g/mol. The molecule has 3 rings (SSSR count). The fourth-order valence-corrected chi connectivity index (χ4v) is 3.70. The Kier molecular flexibility index (Phi) is 4.79. The minimum atomic E-state index is -0.0800. The molecule has 1 amide bonds. The van der Waals surface area contributed by atoms with Crippen LogP contribution < -0.4 is 0 Å². The van der Waals surface area contributed by atoms with E-state index in [0.717, 1.165) is 11.3 Å². The zero-order chi connectivity index (χ0) is 16.2. The van der Waals surface area contributed by atoms with E-state index in [-0.39, 0.29) is 11.9 Å². The summed E-state index contributed by atoms with van der Waals surface area (Å²) >= 11 is 6.71. The third kappa shape index (κ3) is 3.46. The van der Waals surface area contributed by atoms with Gasteiger partial charge in [-0.2, -0.15) is 0 Å². The Morgan fingerprint density at radius 1 is 1.22 bits per heavy atom. The van der Waals surface area contributed by atoms with E-state index in [0.29, 0.717) is 9.23 Å². The molecule has 2 heterocycles. The molecule has 1 atom stereocenters. The van der Waals surface area contributed by atoms with Crippen molar-refractivity contribution in [2.24, 2.45) is 0 Å². The monoisotopic (exact) mass is 341 g/mol. The maximum atomic E-state index is 12.6. The lowest BCUT2D eigenvalue weighted by Crippen LogP contribution is -2.30. The number of carbonyl (C=O) groups excluding carboxylic acids is 1. The van der Waals surface area contributed by atoms with Crippen molar-refractivity contribution in [2.45, 2.75) is 13.0 Å². The van der Waals surface area contributed by atoms with Gasteiger partial charge in [-0.15, -0.1) is 0 Å². The molecule has 116 valence electrons. The van der Waals surface area contributed by atoms with Crippen molar-refractivity contribution in [1.82, 2.24) is 4.90 Å². The van der Waals surface area contributed by atoms with E-state index >= 15 is 0 Å². The van der Waals surface area contributed by atoms with Gasteiger partial charge in [0.25, 0.3) is 5.91 Å². The van der Waals surface area contributed by atoms with Crippen LogP contribution in [0.15, 0.2) is 70.2 Å². The Bertz CT molecular complexity index is 764. The molecular formula is C18H15NO2S2. The van der Waals surface area contributed by atoms with E-state index in [2.05, 4.69) is 0 Å². The van der Waals surface area contributed by atoms with Gasteiger partial charge in [-0.25, -0.2) is 0 Å². The van der Waals surface area contributed by atoms with Gasteiger partial charge in [-0.3, -0.25) is 9.69 Å². The molecule has 23 heavy (non-hydrogen) atoms. The van der Waals surface area contributed by atoms with Crippen LogP contribution in [0.1, 0.15) is 24.3 Å². The molecule has 0 unspecified atom stereocenters. The lowest BCUT2D eigenvalue weighted by molar-refractivity contribution is -0.123. The number of benzene rings is 1. The summed E-state index contributed by atoms with van der Waals surface area (Å²) in [6.07, 6.45) is 7.01. The van der Waals surface area contributed by atoms with Crippen molar-refractivity contribution in [3.63, 3.8) is 0 Å². The van der Waals surface area contributed by atoms with Gasteiger partial charge in [0.05, 0.1) is 17.2 Å². The first-order chi connectivity index (χ1) is 11.2. The number of rotatable bonds is 4. The fraction of sp³-hybridized carbons (Fsp3) is 0.111. The number of thiocarbonyl (C=S) groups is 1. The fourth-order valence-electron chi connectivity index (χ4n) is 2.32. The van der Waals surface area contributed by atoms with Crippen molar-refractivity contribution >= 4 is 40.3 Å². The molecule has 1 aromatic carbocycles. The number of carbonyl (C=O) groups is 1. The highest BCUT2D eigenvalue weighted by Gasteiger charge is 2.35. The van der Waals surface area contributed by atoms with E-state index in [9.17, 15) is 4.79 Å². The molecule has 0 spiro atoms. The molecule has 0 saturated carbocycles. The Balaban J connectivity index is 1.77. The first kappa shape index (κ1) is 15.8. The Morgan fingerprint density at radius 3 is 2.70 bits per heavy atom. The van der Waals surface area contributed by atoms with Gasteiger partial charge in [-0.1, -0.05) is 60.4 Å².